The molecule has 2 heteroatoms. The first-order valence-electron chi connectivity index (χ1n) is 4.05. The monoisotopic (exact) mass is 174 g/mol. The van der Waals surface area contributed by atoms with Gasteiger partial charge in [0.1, 0.15) is 6.17 Å². The highest BCUT2D eigenvalue weighted by Gasteiger charge is 2.33. The highest BCUT2D eigenvalue weighted by atomic mass is 19.1. The summed E-state index contributed by atoms with van der Waals surface area (Å²) < 4.78 is 26.2. The molecule has 0 nitrogen and oxygen atoms in total. The summed E-state index contributed by atoms with van der Waals surface area (Å²) in [5, 5.41) is 0. The maximum atomic E-state index is 13.4. The SMILES string of the molecule is C#CC(F)C(C)C(F)C(C)(C)C. The van der Waals surface area contributed by atoms with Gasteiger partial charge in [-0.2, -0.15) is 0 Å². The van der Waals surface area contributed by atoms with Crippen molar-refractivity contribution in [1.82, 2.24) is 0 Å². The van der Waals surface area contributed by atoms with Crippen molar-refractivity contribution in [3.05, 3.63) is 0 Å². The maximum absolute atomic E-state index is 13.4. The first-order chi connectivity index (χ1) is 5.30. The van der Waals surface area contributed by atoms with Gasteiger partial charge in [0.05, 0.1) is 0 Å². The van der Waals surface area contributed by atoms with Crippen molar-refractivity contribution < 1.29 is 8.78 Å². The molecule has 0 aromatic rings. The fourth-order valence-electron chi connectivity index (χ4n) is 1.09. The molecule has 0 spiro atoms. The largest absolute Gasteiger partial charge is 0.246 e. The number of alkyl halides is 2. The average molecular weight is 174 g/mol. The van der Waals surface area contributed by atoms with Crippen LogP contribution in [0.15, 0.2) is 0 Å². The summed E-state index contributed by atoms with van der Waals surface area (Å²) in [6.45, 7) is 6.70. The van der Waals surface area contributed by atoms with Crippen molar-refractivity contribution in [3.63, 3.8) is 0 Å². The molecule has 0 saturated heterocycles. The number of rotatable bonds is 2. The lowest BCUT2D eigenvalue weighted by Gasteiger charge is -2.29. The van der Waals surface area contributed by atoms with Crippen molar-refractivity contribution in [2.45, 2.75) is 40.0 Å². The molecule has 0 heterocycles. The van der Waals surface area contributed by atoms with E-state index < -0.39 is 23.7 Å². The van der Waals surface area contributed by atoms with Crippen LogP contribution in [0.25, 0.3) is 0 Å². The molecule has 0 rings (SSSR count). The van der Waals surface area contributed by atoms with E-state index >= 15 is 0 Å². The molecule has 0 saturated carbocycles. The minimum Gasteiger partial charge on any atom is -0.246 e. The van der Waals surface area contributed by atoms with E-state index in [-0.39, 0.29) is 0 Å². The van der Waals surface area contributed by atoms with Crippen LogP contribution in [-0.2, 0) is 0 Å². The van der Waals surface area contributed by atoms with Crippen molar-refractivity contribution in [2.75, 3.05) is 0 Å². The van der Waals surface area contributed by atoms with Crippen LogP contribution in [0, 0.1) is 23.7 Å². The predicted octanol–water partition coefficient (Wildman–Crippen LogP) is 2.98. The molecule has 12 heavy (non-hydrogen) atoms. The summed E-state index contributed by atoms with van der Waals surface area (Å²) in [6, 6.07) is 0. The molecule has 0 amide bonds. The lowest BCUT2D eigenvalue weighted by Crippen LogP contribution is -2.33. The molecule has 3 unspecified atom stereocenters. The third-order valence-electron chi connectivity index (χ3n) is 1.91. The standard InChI is InChI=1S/C10H16F2/c1-6-8(11)7(2)9(12)10(3,4)5/h1,7-9H,2-5H3. The van der Waals surface area contributed by atoms with Crippen LogP contribution in [-0.4, -0.2) is 12.3 Å². The Morgan fingerprint density at radius 1 is 1.25 bits per heavy atom. The molecular weight excluding hydrogens is 158 g/mol. The van der Waals surface area contributed by atoms with Gasteiger partial charge in [-0.3, -0.25) is 0 Å². The fraction of sp³-hybridized carbons (Fsp3) is 0.800. The normalized spacial score (nSPS) is 19.4. The predicted molar refractivity (Wildman–Crippen MR) is 47.2 cm³/mol. The number of hydrogen-bond acceptors (Lipinski definition) is 0. The third kappa shape index (κ3) is 2.81. The van der Waals surface area contributed by atoms with Gasteiger partial charge in [0.25, 0.3) is 0 Å². The van der Waals surface area contributed by atoms with Gasteiger partial charge in [0.15, 0.2) is 6.17 Å². The number of halogens is 2. The molecular formula is C10H16F2. The van der Waals surface area contributed by atoms with E-state index in [0.29, 0.717) is 0 Å². The van der Waals surface area contributed by atoms with E-state index in [1.54, 1.807) is 20.8 Å². The molecule has 0 aliphatic heterocycles. The van der Waals surface area contributed by atoms with Crippen LogP contribution in [0.4, 0.5) is 8.78 Å². The molecule has 0 bridgehead atoms. The van der Waals surface area contributed by atoms with Gasteiger partial charge in [0, 0.05) is 5.92 Å². The lowest BCUT2D eigenvalue weighted by molar-refractivity contribution is 0.0743. The Hall–Kier alpha value is -0.580. The Balaban J connectivity index is 4.31. The summed E-state index contributed by atoms with van der Waals surface area (Å²) in [4.78, 5) is 0. The second-order valence-corrected chi connectivity index (χ2v) is 4.20. The Bertz CT molecular complexity index is 173. The Morgan fingerprint density at radius 2 is 1.67 bits per heavy atom. The Labute approximate surface area is 73.4 Å². The number of terminal acetylenes is 1. The topological polar surface area (TPSA) is 0 Å². The zero-order valence-corrected chi connectivity index (χ0v) is 8.07. The summed E-state index contributed by atoms with van der Waals surface area (Å²) in [5.41, 5.74) is -0.541. The fourth-order valence-corrected chi connectivity index (χ4v) is 1.09. The molecule has 0 aromatic heterocycles. The van der Waals surface area contributed by atoms with E-state index in [4.69, 9.17) is 6.42 Å². The highest BCUT2D eigenvalue weighted by Crippen LogP contribution is 2.30. The van der Waals surface area contributed by atoms with Gasteiger partial charge in [-0.1, -0.05) is 33.6 Å². The van der Waals surface area contributed by atoms with Crippen molar-refractivity contribution in [3.8, 4) is 12.3 Å². The summed E-state index contributed by atoms with van der Waals surface area (Å²) >= 11 is 0. The van der Waals surface area contributed by atoms with Crippen LogP contribution in [0.5, 0.6) is 0 Å². The van der Waals surface area contributed by atoms with Crippen LogP contribution in [0.3, 0.4) is 0 Å². The van der Waals surface area contributed by atoms with E-state index in [1.807, 2.05) is 5.92 Å². The maximum Gasteiger partial charge on any atom is 0.165 e. The van der Waals surface area contributed by atoms with Crippen LogP contribution >= 0.6 is 0 Å². The second-order valence-electron chi connectivity index (χ2n) is 4.20. The van der Waals surface area contributed by atoms with E-state index in [2.05, 4.69) is 0 Å². The van der Waals surface area contributed by atoms with Crippen molar-refractivity contribution in [2.24, 2.45) is 11.3 Å². The van der Waals surface area contributed by atoms with Gasteiger partial charge in [-0.25, -0.2) is 8.78 Å². The second kappa shape index (κ2) is 3.89. The van der Waals surface area contributed by atoms with Crippen molar-refractivity contribution >= 4 is 0 Å². The van der Waals surface area contributed by atoms with Gasteiger partial charge in [-0.15, -0.1) is 6.42 Å². The first-order valence-corrected chi connectivity index (χ1v) is 4.05. The summed E-state index contributed by atoms with van der Waals surface area (Å²) in [6.07, 6.45) is 2.17. The van der Waals surface area contributed by atoms with Crippen molar-refractivity contribution in [1.29, 1.82) is 0 Å². The summed E-state index contributed by atoms with van der Waals surface area (Å²) in [7, 11) is 0. The molecule has 0 aliphatic rings. The Morgan fingerprint density at radius 3 is 1.92 bits per heavy atom. The smallest absolute Gasteiger partial charge is 0.165 e. The molecule has 0 radical (unpaired) electrons. The van der Waals surface area contributed by atoms with E-state index in [1.165, 1.54) is 6.92 Å². The zero-order chi connectivity index (χ0) is 9.94. The minimum absolute atomic E-state index is 0.541. The minimum atomic E-state index is -1.49. The van der Waals surface area contributed by atoms with Gasteiger partial charge in [0.2, 0.25) is 0 Å². The molecule has 0 N–H and O–H groups in total. The van der Waals surface area contributed by atoms with Crippen LogP contribution in [0.2, 0.25) is 0 Å². The van der Waals surface area contributed by atoms with Gasteiger partial charge >= 0.3 is 0 Å². The van der Waals surface area contributed by atoms with Crippen LogP contribution in [0.1, 0.15) is 27.7 Å². The van der Waals surface area contributed by atoms with Gasteiger partial charge in [-0.05, 0) is 5.41 Å². The van der Waals surface area contributed by atoms with Crippen LogP contribution < -0.4 is 0 Å². The third-order valence-corrected chi connectivity index (χ3v) is 1.91. The van der Waals surface area contributed by atoms with E-state index in [9.17, 15) is 8.78 Å². The quantitative estimate of drug-likeness (QED) is 0.564. The number of hydrogen-bond donors (Lipinski definition) is 0. The zero-order valence-electron chi connectivity index (χ0n) is 8.07. The lowest BCUT2D eigenvalue weighted by atomic mass is 9.81. The Kier molecular flexibility index (Phi) is 3.70. The highest BCUT2D eigenvalue weighted by molar-refractivity contribution is 4.99. The molecule has 70 valence electrons. The molecule has 0 aromatic carbocycles. The molecule has 0 fully saturated rings. The molecule has 3 atom stereocenters. The average Bonchev–Trinajstić information content (AvgIpc) is 1.98. The molecule has 0 aliphatic carbocycles. The van der Waals surface area contributed by atoms with Gasteiger partial charge < -0.3 is 0 Å². The first kappa shape index (κ1) is 11.4. The van der Waals surface area contributed by atoms with E-state index in [0.717, 1.165) is 0 Å². The summed E-state index contributed by atoms with van der Waals surface area (Å²) in [5.74, 6) is 1.18.